The highest BCUT2D eigenvalue weighted by Crippen LogP contribution is 2.31. The molecule has 0 fully saturated rings. The van der Waals surface area contributed by atoms with Crippen LogP contribution in [0.15, 0.2) is 24.3 Å². The van der Waals surface area contributed by atoms with Crippen molar-refractivity contribution in [3.8, 4) is 5.75 Å². The summed E-state index contributed by atoms with van der Waals surface area (Å²) in [5, 5.41) is 2.78. The third-order valence-corrected chi connectivity index (χ3v) is 2.44. The van der Waals surface area contributed by atoms with E-state index in [-0.39, 0.29) is 6.04 Å². The van der Waals surface area contributed by atoms with Crippen LogP contribution < -0.4 is 10.1 Å². The highest BCUT2D eigenvalue weighted by atomic mass is 16.5. The minimum Gasteiger partial charge on any atom is -0.493 e. The maximum absolute atomic E-state index is 11.1. The quantitative estimate of drug-likeness (QED) is 0.764. The van der Waals surface area contributed by atoms with E-state index in [1.165, 1.54) is 7.11 Å². The number of carbonyl (C=O) groups is 1. The predicted molar refractivity (Wildman–Crippen MR) is 54.8 cm³/mol. The summed E-state index contributed by atoms with van der Waals surface area (Å²) in [6.07, 6.45) is 0.364. The highest BCUT2D eigenvalue weighted by Gasteiger charge is 2.22. The Hall–Kier alpha value is -1.71. The topological polar surface area (TPSA) is 47.6 Å². The van der Waals surface area contributed by atoms with Crippen LogP contribution in [0.25, 0.3) is 0 Å². The van der Waals surface area contributed by atoms with Crippen LogP contribution in [0, 0.1) is 0 Å². The number of benzene rings is 1. The number of hydrogen-bond acceptors (Lipinski definition) is 3. The second-order valence-electron chi connectivity index (χ2n) is 3.36. The molecule has 0 saturated heterocycles. The zero-order chi connectivity index (χ0) is 10.7. The fraction of sp³-hybridized carbons (Fsp3) is 0.364. The second-order valence-corrected chi connectivity index (χ2v) is 3.36. The smallest absolute Gasteiger partial charge is 0.407 e. The van der Waals surface area contributed by atoms with Crippen molar-refractivity contribution in [2.45, 2.75) is 12.5 Å². The van der Waals surface area contributed by atoms with Gasteiger partial charge in [-0.2, -0.15) is 0 Å². The average Bonchev–Trinajstić information content (AvgIpc) is 2.29. The standard InChI is InChI=1S/C11H13NO3/c1-14-11(13)12-9-6-7-15-10-5-3-2-4-8(9)10/h2-5,9H,6-7H2,1H3,(H,12,13). The van der Waals surface area contributed by atoms with Crippen LogP contribution in [-0.2, 0) is 4.74 Å². The van der Waals surface area contributed by atoms with Crippen molar-refractivity contribution in [2.24, 2.45) is 0 Å². The number of carbonyl (C=O) groups excluding carboxylic acids is 1. The first-order chi connectivity index (χ1) is 7.31. The zero-order valence-corrected chi connectivity index (χ0v) is 8.53. The highest BCUT2D eigenvalue weighted by molar-refractivity contribution is 5.68. The van der Waals surface area contributed by atoms with Crippen molar-refractivity contribution in [3.05, 3.63) is 29.8 Å². The van der Waals surface area contributed by atoms with Gasteiger partial charge in [0.15, 0.2) is 0 Å². The van der Waals surface area contributed by atoms with Crippen LogP contribution in [0.4, 0.5) is 4.79 Å². The third-order valence-electron chi connectivity index (χ3n) is 2.44. The molecule has 1 heterocycles. The Morgan fingerprint density at radius 2 is 2.33 bits per heavy atom. The number of nitrogens with one attached hydrogen (secondary N) is 1. The van der Waals surface area contributed by atoms with Gasteiger partial charge in [-0.25, -0.2) is 4.79 Å². The van der Waals surface area contributed by atoms with Crippen molar-refractivity contribution in [1.82, 2.24) is 5.32 Å². The summed E-state index contributed by atoms with van der Waals surface area (Å²) in [7, 11) is 1.36. The van der Waals surface area contributed by atoms with Crippen molar-refractivity contribution < 1.29 is 14.3 Å². The van der Waals surface area contributed by atoms with Gasteiger partial charge >= 0.3 is 6.09 Å². The van der Waals surface area contributed by atoms with E-state index in [1.54, 1.807) is 0 Å². The van der Waals surface area contributed by atoms with Gasteiger partial charge in [0, 0.05) is 12.0 Å². The maximum Gasteiger partial charge on any atom is 0.407 e. The molecule has 2 rings (SSSR count). The Balaban J connectivity index is 2.18. The summed E-state index contributed by atoms with van der Waals surface area (Å²) in [5.41, 5.74) is 1.01. The number of methoxy groups -OCH3 is 1. The summed E-state index contributed by atoms with van der Waals surface area (Å²) < 4.78 is 10.1. The van der Waals surface area contributed by atoms with Gasteiger partial charge in [0.2, 0.25) is 0 Å². The summed E-state index contributed by atoms with van der Waals surface area (Å²) in [4.78, 5) is 11.1. The molecule has 1 atom stereocenters. The molecule has 1 aliphatic rings. The van der Waals surface area contributed by atoms with Crippen molar-refractivity contribution in [3.63, 3.8) is 0 Å². The largest absolute Gasteiger partial charge is 0.493 e. The monoisotopic (exact) mass is 207 g/mol. The van der Waals surface area contributed by atoms with Crippen LogP contribution in [0.1, 0.15) is 18.0 Å². The Labute approximate surface area is 88.2 Å². The number of hydrogen-bond donors (Lipinski definition) is 1. The molecule has 1 aromatic rings. The molecule has 0 saturated carbocycles. The van der Waals surface area contributed by atoms with E-state index in [1.807, 2.05) is 24.3 Å². The van der Waals surface area contributed by atoms with Gasteiger partial charge in [0.05, 0.1) is 19.8 Å². The fourth-order valence-electron chi connectivity index (χ4n) is 1.69. The Bertz CT molecular complexity index is 365. The molecular weight excluding hydrogens is 194 g/mol. The van der Waals surface area contributed by atoms with Gasteiger partial charge in [-0.15, -0.1) is 0 Å². The number of para-hydroxylation sites is 1. The molecule has 1 unspecified atom stereocenters. The van der Waals surface area contributed by atoms with Crippen LogP contribution in [0.3, 0.4) is 0 Å². The number of ether oxygens (including phenoxy) is 2. The summed E-state index contributed by atoms with van der Waals surface area (Å²) in [6, 6.07) is 7.69. The fourth-order valence-corrected chi connectivity index (χ4v) is 1.69. The lowest BCUT2D eigenvalue weighted by Crippen LogP contribution is -2.31. The molecule has 1 amide bonds. The SMILES string of the molecule is COC(=O)NC1CCOc2ccccc21. The first-order valence-electron chi connectivity index (χ1n) is 4.87. The van der Waals surface area contributed by atoms with Crippen molar-refractivity contribution in [2.75, 3.05) is 13.7 Å². The van der Waals surface area contributed by atoms with Crippen LogP contribution in [0.2, 0.25) is 0 Å². The lowest BCUT2D eigenvalue weighted by Gasteiger charge is -2.25. The van der Waals surface area contributed by atoms with E-state index < -0.39 is 6.09 Å². The molecule has 15 heavy (non-hydrogen) atoms. The molecule has 80 valence electrons. The number of rotatable bonds is 1. The van der Waals surface area contributed by atoms with E-state index >= 15 is 0 Å². The van der Waals surface area contributed by atoms with E-state index in [0.717, 1.165) is 17.7 Å². The Morgan fingerprint density at radius 3 is 3.13 bits per heavy atom. The molecule has 4 nitrogen and oxygen atoms in total. The lowest BCUT2D eigenvalue weighted by atomic mass is 10.0. The minimum absolute atomic E-state index is 0.0117. The molecule has 1 aliphatic heterocycles. The zero-order valence-electron chi connectivity index (χ0n) is 8.53. The number of alkyl carbamates (subject to hydrolysis) is 1. The second kappa shape index (κ2) is 4.21. The molecule has 0 aliphatic carbocycles. The molecule has 0 radical (unpaired) electrons. The van der Waals surface area contributed by atoms with E-state index in [9.17, 15) is 4.79 Å². The van der Waals surface area contributed by atoms with Crippen LogP contribution in [-0.4, -0.2) is 19.8 Å². The summed E-state index contributed by atoms with van der Waals surface area (Å²) >= 11 is 0. The van der Waals surface area contributed by atoms with Crippen molar-refractivity contribution >= 4 is 6.09 Å². The van der Waals surface area contributed by atoms with Crippen LogP contribution in [0.5, 0.6) is 5.75 Å². The molecule has 1 N–H and O–H groups in total. The third kappa shape index (κ3) is 2.03. The molecule has 1 aromatic carbocycles. The normalized spacial score (nSPS) is 18.6. The number of amides is 1. The van der Waals surface area contributed by atoms with Gasteiger partial charge in [-0.1, -0.05) is 18.2 Å². The molecular formula is C11H13NO3. The minimum atomic E-state index is -0.406. The maximum atomic E-state index is 11.1. The summed E-state index contributed by atoms with van der Waals surface area (Å²) in [6.45, 7) is 0.617. The molecule has 0 spiro atoms. The number of fused-ring (bicyclic) bond motifs is 1. The van der Waals surface area contributed by atoms with Gasteiger partial charge in [0.25, 0.3) is 0 Å². The van der Waals surface area contributed by atoms with Gasteiger partial charge in [0.1, 0.15) is 5.75 Å². The lowest BCUT2D eigenvalue weighted by molar-refractivity contribution is 0.161. The molecule has 0 aromatic heterocycles. The van der Waals surface area contributed by atoms with E-state index in [0.29, 0.717) is 6.61 Å². The van der Waals surface area contributed by atoms with Gasteiger partial charge < -0.3 is 14.8 Å². The first kappa shape index (κ1) is 9.83. The first-order valence-corrected chi connectivity index (χ1v) is 4.87. The van der Waals surface area contributed by atoms with E-state index in [2.05, 4.69) is 10.1 Å². The van der Waals surface area contributed by atoms with Gasteiger partial charge in [-0.05, 0) is 6.07 Å². The van der Waals surface area contributed by atoms with E-state index in [4.69, 9.17) is 4.74 Å². The van der Waals surface area contributed by atoms with Crippen LogP contribution >= 0.6 is 0 Å². The predicted octanol–water partition coefficient (Wildman–Crippen LogP) is 1.87. The van der Waals surface area contributed by atoms with Crippen molar-refractivity contribution in [1.29, 1.82) is 0 Å². The average molecular weight is 207 g/mol. The summed E-state index contributed by atoms with van der Waals surface area (Å²) in [5.74, 6) is 0.838. The Kier molecular flexibility index (Phi) is 2.76. The molecule has 4 heteroatoms. The molecule has 0 bridgehead atoms. The van der Waals surface area contributed by atoms with Gasteiger partial charge in [-0.3, -0.25) is 0 Å². The Morgan fingerprint density at radius 1 is 1.53 bits per heavy atom.